The molecular formula is C21H19ClN4O2S. The van der Waals surface area contributed by atoms with Crippen molar-refractivity contribution in [1.29, 1.82) is 5.26 Å². The first-order valence-electron chi connectivity index (χ1n) is 9.17. The van der Waals surface area contributed by atoms with Gasteiger partial charge in [0.1, 0.15) is 22.6 Å². The van der Waals surface area contributed by atoms with Crippen LogP contribution in [-0.2, 0) is 24.3 Å². The first-order valence-corrected chi connectivity index (χ1v) is 10.4. The van der Waals surface area contributed by atoms with E-state index in [1.165, 1.54) is 11.3 Å². The molecule has 3 aromatic rings. The summed E-state index contributed by atoms with van der Waals surface area (Å²) in [7, 11) is 0. The summed E-state index contributed by atoms with van der Waals surface area (Å²) in [6.45, 7) is 1.99. The van der Waals surface area contributed by atoms with Crippen LogP contribution < -0.4 is 11.1 Å². The molecule has 3 N–H and O–H groups in total. The topological polar surface area (TPSA) is 95.3 Å². The summed E-state index contributed by atoms with van der Waals surface area (Å²) in [5.41, 5.74) is 8.50. The first kappa shape index (κ1) is 19.5. The van der Waals surface area contributed by atoms with Gasteiger partial charge in [-0.25, -0.2) is 0 Å². The summed E-state index contributed by atoms with van der Waals surface area (Å²) in [4.78, 5) is 15.5. The fraction of sp³-hybridized carbons (Fsp3) is 0.238. The van der Waals surface area contributed by atoms with Crippen LogP contribution in [0, 0.1) is 11.3 Å². The lowest BCUT2D eigenvalue weighted by atomic mass is 10.0. The van der Waals surface area contributed by atoms with Crippen LogP contribution >= 0.6 is 22.9 Å². The van der Waals surface area contributed by atoms with E-state index in [0.717, 1.165) is 34.7 Å². The molecule has 8 heteroatoms. The van der Waals surface area contributed by atoms with Crippen LogP contribution in [-0.4, -0.2) is 23.9 Å². The Bertz CT molecular complexity index is 1080. The van der Waals surface area contributed by atoms with Crippen molar-refractivity contribution < 1.29 is 9.21 Å². The molecule has 1 aliphatic rings. The zero-order valence-corrected chi connectivity index (χ0v) is 17.1. The minimum atomic E-state index is -0.0667. The summed E-state index contributed by atoms with van der Waals surface area (Å²) in [6, 6.07) is 13.3. The second-order valence-corrected chi connectivity index (χ2v) is 8.44. The number of anilines is 1. The first-order chi connectivity index (χ1) is 14.0. The van der Waals surface area contributed by atoms with Crippen LogP contribution in [0.25, 0.3) is 11.3 Å². The monoisotopic (exact) mass is 426 g/mol. The number of carbonyl (C=O) groups is 1. The van der Waals surface area contributed by atoms with Gasteiger partial charge in [-0.2, -0.15) is 5.26 Å². The molecule has 2 aromatic heterocycles. The molecule has 148 valence electrons. The number of nitrogens with two attached hydrogens (primary N) is 1. The van der Waals surface area contributed by atoms with Crippen LogP contribution in [0.1, 0.15) is 21.8 Å². The van der Waals surface area contributed by atoms with Crippen molar-refractivity contribution >= 4 is 33.8 Å². The van der Waals surface area contributed by atoms with Crippen molar-refractivity contribution in [3.8, 4) is 17.4 Å². The molecule has 3 heterocycles. The molecule has 1 amide bonds. The van der Waals surface area contributed by atoms with E-state index in [2.05, 4.69) is 16.3 Å². The lowest BCUT2D eigenvalue weighted by Crippen LogP contribution is -2.39. The number of hydrogen-bond donors (Lipinski definition) is 2. The number of hydrogen-bond acceptors (Lipinski definition) is 6. The number of carbonyl (C=O) groups excluding carboxylic acids is 1. The fourth-order valence-electron chi connectivity index (χ4n) is 3.42. The number of amides is 1. The van der Waals surface area contributed by atoms with Gasteiger partial charge in [0, 0.05) is 28.6 Å². The van der Waals surface area contributed by atoms with Gasteiger partial charge in [0.05, 0.1) is 18.7 Å². The maximum Gasteiger partial charge on any atom is 0.234 e. The average Bonchev–Trinajstić information content (AvgIpc) is 3.30. The van der Waals surface area contributed by atoms with Crippen LogP contribution in [0.3, 0.4) is 0 Å². The molecule has 1 aliphatic heterocycles. The van der Waals surface area contributed by atoms with Gasteiger partial charge in [0.25, 0.3) is 0 Å². The normalized spacial score (nSPS) is 13.7. The smallest absolute Gasteiger partial charge is 0.234 e. The van der Waals surface area contributed by atoms with Crippen molar-refractivity contribution in [1.82, 2.24) is 10.2 Å². The maximum atomic E-state index is 12.4. The SMILES string of the molecule is N#Cc1c(N)sc2c1CCN(CC(=O)NCc1ccc(-c3ccc(Cl)cc3)o1)C2. The predicted octanol–water partition coefficient (Wildman–Crippen LogP) is 3.79. The molecule has 0 spiro atoms. The minimum Gasteiger partial charge on any atom is -0.459 e. The van der Waals surface area contributed by atoms with Crippen molar-refractivity contribution in [2.45, 2.75) is 19.5 Å². The number of fused-ring (bicyclic) bond motifs is 1. The van der Waals surface area contributed by atoms with Gasteiger partial charge in [0.15, 0.2) is 0 Å². The van der Waals surface area contributed by atoms with E-state index in [0.29, 0.717) is 41.0 Å². The van der Waals surface area contributed by atoms with Gasteiger partial charge >= 0.3 is 0 Å². The van der Waals surface area contributed by atoms with Gasteiger partial charge in [-0.15, -0.1) is 11.3 Å². The Kier molecular flexibility index (Phi) is 5.58. The molecule has 0 unspecified atom stereocenters. The molecule has 0 bridgehead atoms. The van der Waals surface area contributed by atoms with Crippen molar-refractivity contribution in [2.75, 3.05) is 18.8 Å². The van der Waals surface area contributed by atoms with Crippen LogP contribution in [0.15, 0.2) is 40.8 Å². The number of nitriles is 1. The molecule has 0 aliphatic carbocycles. The number of rotatable bonds is 5. The average molecular weight is 427 g/mol. The van der Waals surface area contributed by atoms with E-state index >= 15 is 0 Å². The minimum absolute atomic E-state index is 0.0667. The summed E-state index contributed by atoms with van der Waals surface area (Å²) >= 11 is 7.35. The Morgan fingerprint density at radius 3 is 2.86 bits per heavy atom. The van der Waals surface area contributed by atoms with E-state index in [4.69, 9.17) is 21.8 Å². The van der Waals surface area contributed by atoms with E-state index in [1.807, 2.05) is 36.4 Å². The molecule has 6 nitrogen and oxygen atoms in total. The van der Waals surface area contributed by atoms with Crippen LogP contribution in [0.4, 0.5) is 5.00 Å². The Morgan fingerprint density at radius 2 is 2.10 bits per heavy atom. The Balaban J connectivity index is 1.31. The second-order valence-electron chi connectivity index (χ2n) is 6.87. The Morgan fingerprint density at radius 1 is 1.31 bits per heavy atom. The van der Waals surface area contributed by atoms with Gasteiger partial charge in [0.2, 0.25) is 5.91 Å². The van der Waals surface area contributed by atoms with E-state index in [9.17, 15) is 10.1 Å². The summed E-state index contributed by atoms with van der Waals surface area (Å²) in [5.74, 6) is 1.36. The highest BCUT2D eigenvalue weighted by Crippen LogP contribution is 2.34. The van der Waals surface area contributed by atoms with E-state index in [1.54, 1.807) is 0 Å². The quantitative estimate of drug-likeness (QED) is 0.647. The molecule has 0 saturated heterocycles. The maximum absolute atomic E-state index is 12.4. The number of halogens is 1. The number of furan rings is 1. The molecule has 0 radical (unpaired) electrons. The van der Waals surface area contributed by atoms with Crippen molar-refractivity contribution in [3.05, 3.63) is 63.2 Å². The Labute approximate surface area is 177 Å². The highest BCUT2D eigenvalue weighted by molar-refractivity contribution is 7.16. The third-order valence-electron chi connectivity index (χ3n) is 4.89. The zero-order chi connectivity index (χ0) is 20.4. The third-order valence-corrected chi connectivity index (χ3v) is 6.19. The van der Waals surface area contributed by atoms with E-state index < -0.39 is 0 Å². The summed E-state index contributed by atoms with van der Waals surface area (Å²) in [5, 5.41) is 13.4. The number of nitrogens with zero attached hydrogens (tertiary/aromatic N) is 2. The molecule has 4 rings (SSSR count). The lowest BCUT2D eigenvalue weighted by Gasteiger charge is -2.26. The highest BCUT2D eigenvalue weighted by atomic mass is 35.5. The van der Waals surface area contributed by atoms with Crippen molar-refractivity contribution in [3.63, 3.8) is 0 Å². The second kappa shape index (κ2) is 8.29. The van der Waals surface area contributed by atoms with Gasteiger partial charge in [-0.05, 0) is 48.4 Å². The van der Waals surface area contributed by atoms with Crippen LogP contribution in [0.2, 0.25) is 5.02 Å². The number of nitrogens with one attached hydrogen (secondary N) is 1. The molecule has 0 saturated carbocycles. The molecule has 1 aromatic carbocycles. The number of thiophene rings is 1. The zero-order valence-electron chi connectivity index (χ0n) is 15.6. The highest BCUT2D eigenvalue weighted by Gasteiger charge is 2.24. The molecule has 0 atom stereocenters. The van der Waals surface area contributed by atoms with Crippen molar-refractivity contribution in [2.24, 2.45) is 0 Å². The van der Waals surface area contributed by atoms with Gasteiger partial charge in [-0.1, -0.05) is 11.6 Å². The largest absolute Gasteiger partial charge is 0.459 e. The third kappa shape index (κ3) is 4.30. The van der Waals surface area contributed by atoms with Crippen LogP contribution in [0.5, 0.6) is 0 Å². The standard InChI is InChI=1S/C21H19ClN4O2S/c22-14-3-1-13(2-4-14)18-6-5-15(28-18)10-25-20(27)12-26-8-7-16-17(9-23)21(24)29-19(16)11-26/h1-6H,7-8,10-12,24H2,(H,25,27). The summed E-state index contributed by atoms with van der Waals surface area (Å²) in [6.07, 6.45) is 0.738. The lowest BCUT2D eigenvalue weighted by molar-refractivity contribution is -0.122. The fourth-order valence-corrected chi connectivity index (χ4v) is 4.66. The van der Waals surface area contributed by atoms with Gasteiger partial charge < -0.3 is 15.5 Å². The summed E-state index contributed by atoms with van der Waals surface area (Å²) < 4.78 is 5.81. The number of nitrogen functional groups attached to an aromatic ring is 1. The van der Waals surface area contributed by atoms with Gasteiger partial charge in [-0.3, -0.25) is 9.69 Å². The number of benzene rings is 1. The molecule has 29 heavy (non-hydrogen) atoms. The Hall–Kier alpha value is -2.79. The predicted molar refractivity (Wildman–Crippen MR) is 113 cm³/mol. The van der Waals surface area contributed by atoms with E-state index in [-0.39, 0.29) is 5.91 Å². The molecule has 0 fully saturated rings. The molecular weight excluding hydrogens is 408 g/mol.